The predicted octanol–water partition coefficient (Wildman–Crippen LogP) is 9.25. The first-order chi connectivity index (χ1) is 16.8. The Morgan fingerprint density at radius 3 is 2.38 bits per heavy atom. The van der Waals surface area contributed by atoms with E-state index in [0.717, 1.165) is 30.6 Å². The second-order valence-electron chi connectivity index (χ2n) is 9.53. The van der Waals surface area contributed by atoms with Crippen LogP contribution in [0.25, 0.3) is 50.4 Å². The fourth-order valence-electron chi connectivity index (χ4n) is 5.92. The Morgan fingerprint density at radius 2 is 1.53 bits per heavy atom. The van der Waals surface area contributed by atoms with Gasteiger partial charge in [0.05, 0.1) is 0 Å². The van der Waals surface area contributed by atoms with Gasteiger partial charge in [0.15, 0.2) is 0 Å². The zero-order valence-corrected chi connectivity index (χ0v) is 19.3. The summed E-state index contributed by atoms with van der Waals surface area (Å²) >= 11 is 0. The van der Waals surface area contributed by atoms with Gasteiger partial charge in [-0.15, -0.1) is 0 Å². The van der Waals surface area contributed by atoms with Crippen molar-refractivity contribution in [3.63, 3.8) is 0 Å². The molecule has 164 valence electrons. The molecule has 5 aromatic rings. The van der Waals surface area contributed by atoms with Crippen molar-refractivity contribution in [2.75, 3.05) is 0 Å². The average molecular weight is 439 g/mol. The second-order valence-corrected chi connectivity index (χ2v) is 9.53. The van der Waals surface area contributed by atoms with E-state index in [0.29, 0.717) is 5.92 Å². The maximum absolute atomic E-state index is 6.30. The summed E-state index contributed by atoms with van der Waals surface area (Å²) in [5.41, 5.74) is 12.9. The van der Waals surface area contributed by atoms with E-state index in [1.54, 1.807) is 0 Å². The van der Waals surface area contributed by atoms with Crippen molar-refractivity contribution >= 4 is 17.0 Å². The van der Waals surface area contributed by atoms with Crippen LogP contribution in [0.1, 0.15) is 48.1 Å². The second kappa shape index (κ2) is 7.60. The molecule has 0 saturated heterocycles. The Bertz CT molecular complexity index is 1600. The van der Waals surface area contributed by atoms with Gasteiger partial charge in [-0.05, 0) is 88.0 Å². The average Bonchev–Trinajstić information content (AvgIpc) is 3.14. The zero-order chi connectivity index (χ0) is 22.6. The van der Waals surface area contributed by atoms with Crippen LogP contribution in [0.5, 0.6) is 0 Å². The van der Waals surface area contributed by atoms with Gasteiger partial charge in [-0.3, -0.25) is 0 Å². The number of aryl methyl sites for hydroxylation is 1. The van der Waals surface area contributed by atoms with Gasteiger partial charge in [0.2, 0.25) is 0 Å². The maximum Gasteiger partial charge on any atom is 0.135 e. The molecule has 0 radical (unpaired) electrons. The number of benzene rings is 4. The van der Waals surface area contributed by atoms with Crippen LogP contribution < -0.4 is 0 Å². The normalized spacial score (nSPS) is 15.9. The van der Waals surface area contributed by atoms with Crippen molar-refractivity contribution in [2.45, 2.75) is 32.1 Å². The van der Waals surface area contributed by atoms with Crippen molar-refractivity contribution in [2.24, 2.45) is 0 Å². The van der Waals surface area contributed by atoms with Crippen molar-refractivity contribution in [3.8, 4) is 33.4 Å². The first-order valence-electron chi connectivity index (χ1n) is 12.4. The molecule has 1 atom stereocenters. The molecule has 2 aliphatic carbocycles. The lowest BCUT2D eigenvalue weighted by Gasteiger charge is -2.26. The van der Waals surface area contributed by atoms with Gasteiger partial charge in [0.1, 0.15) is 11.3 Å². The number of furan rings is 1. The third-order valence-corrected chi connectivity index (χ3v) is 7.60. The first-order valence-corrected chi connectivity index (χ1v) is 12.4. The predicted molar refractivity (Wildman–Crippen MR) is 142 cm³/mol. The minimum atomic E-state index is 0.397. The highest BCUT2D eigenvalue weighted by atomic mass is 16.3. The van der Waals surface area contributed by atoms with Crippen LogP contribution in [0.15, 0.2) is 95.4 Å². The summed E-state index contributed by atoms with van der Waals surface area (Å²) in [7, 11) is 0. The lowest BCUT2D eigenvalue weighted by molar-refractivity contribution is 0.594. The molecule has 0 aliphatic heterocycles. The maximum atomic E-state index is 6.30. The Hall–Kier alpha value is -3.84. The number of rotatable bonds is 3. The number of allylic oxidation sites excluding steroid dienone is 1. The van der Waals surface area contributed by atoms with Crippen LogP contribution in [0.4, 0.5) is 0 Å². The quantitative estimate of drug-likeness (QED) is 0.273. The zero-order valence-electron chi connectivity index (χ0n) is 19.3. The molecule has 1 heteroatoms. The standard InChI is InChI=1S/C33H26O/c1-2-21-8-5-9-22(18-21)23-10-6-11-24(19-23)25-16-17-26-27-12-3-4-14-30-32(27)33-28(29(26)20-25)13-7-15-31(33)34-30/h4-11,13-20,27H,2-3,12H2,1H3. The summed E-state index contributed by atoms with van der Waals surface area (Å²) in [6.45, 7) is 2.21. The molecule has 1 heterocycles. The highest BCUT2D eigenvalue weighted by Crippen LogP contribution is 2.51. The molecule has 0 bridgehead atoms. The summed E-state index contributed by atoms with van der Waals surface area (Å²) in [5.74, 6) is 1.44. The largest absolute Gasteiger partial charge is 0.456 e. The third-order valence-electron chi connectivity index (χ3n) is 7.60. The van der Waals surface area contributed by atoms with Crippen LogP contribution in [-0.2, 0) is 6.42 Å². The number of fused-ring (bicyclic) bond motifs is 3. The van der Waals surface area contributed by atoms with Gasteiger partial charge in [-0.25, -0.2) is 0 Å². The molecular formula is C33H26O. The molecule has 0 saturated carbocycles. The molecule has 4 aromatic carbocycles. The van der Waals surface area contributed by atoms with E-state index in [9.17, 15) is 0 Å². The first kappa shape index (κ1) is 19.6. The van der Waals surface area contributed by atoms with Gasteiger partial charge >= 0.3 is 0 Å². The van der Waals surface area contributed by atoms with E-state index < -0.39 is 0 Å². The molecule has 0 amide bonds. The smallest absolute Gasteiger partial charge is 0.135 e. The van der Waals surface area contributed by atoms with Gasteiger partial charge in [0, 0.05) is 16.9 Å². The van der Waals surface area contributed by atoms with E-state index in [1.165, 1.54) is 55.5 Å². The van der Waals surface area contributed by atoms with Crippen LogP contribution in [0.2, 0.25) is 0 Å². The Morgan fingerprint density at radius 1 is 0.765 bits per heavy atom. The molecular weight excluding hydrogens is 412 g/mol. The summed E-state index contributed by atoms with van der Waals surface area (Å²) < 4.78 is 6.30. The van der Waals surface area contributed by atoms with Gasteiger partial charge in [-0.2, -0.15) is 0 Å². The van der Waals surface area contributed by atoms with Gasteiger partial charge in [-0.1, -0.05) is 79.7 Å². The molecule has 1 nitrogen and oxygen atoms in total. The van der Waals surface area contributed by atoms with E-state index in [2.05, 4.69) is 104 Å². The highest BCUT2D eigenvalue weighted by Gasteiger charge is 2.32. The van der Waals surface area contributed by atoms with E-state index in [-0.39, 0.29) is 0 Å². The topological polar surface area (TPSA) is 13.1 Å². The molecule has 0 fully saturated rings. The van der Waals surface area contributed by atoms with E-state index >= 15 is 0 Å². The van der Waals surface area contributed by atoms with Gasteiger partial charge in [0.25, 0.3) is 0 Å². The van der Waals surface area contributed by atoms with Crippen molar-refractivity contribution in [3.05, 3.63) is 113 Å². The number of hydrogen-bond acceptors (Lipinski definition) is 1. The highest BCUT2D eigenvalue weighted by molar-refractivity contribution is 6.03. The van der Waals surface area contributed by atoms with Crippen molar-refractivity contribution in [1.29, 1.82) is 0 Å². The molecule has 1 unspecified atom stereocenters. The minimum absolute atomic E-state index is 0.397. The monoisotopic (exact) mass is 438 g/mol. The van der Waals surface area contributed by atoms with Crippen molar-refractivity contribution in [1.82, 2.24) is 0 Å². The third kappa shape index (κ3) is 2.93. The van der Waals surface area contributed by atoms with Crippen LogP contribution >= 0.6 is 0 Å². The molecule has 34 heavy (non-hydrogen) atoms. The lowest BCUT2D eigenvalue weighted by Crippen LogP contribution is -2.08. The molecule has 1 aromatic heterocycles. The summed E-state index contributed by atoms with van der Waals surface area (Å²) in [6.07, 6.45) is 7.70. The molecule has 7 rings (SSSR count). The van der Waals surface area contributed by atoms with Crippen LogP contribution in [0.3, 0.4) is 0 Å². The van der Waals surface area contributed by atoms with Crippen LogP contribution in [-0.4, -0.2) is 0 Å². The summed E-state index contributed by atoms with van der Waals surface area (Å²) in [4.78, 5) is 0. The summed E-state index contributed by atoms with van der Waals surface area (Å²) in [6, 6.07) is 31.4. The molecule has 2 aliphatic rings. The Labute approximate surface area is 200 Å². The lowest BCUT2D eigenvalue weighted by atomic mass is 9.76. The minimum Gasteiger partial charge on any atom is -0.456 e. The molecule has 0 spiro atoms. The Balaban J connectivity index is 1.39. The van der Waals surface area contributed by atoms with Crippen LogP contribution in [0, 0.1) is 0 Å². The molecule has 0 N–H and O–H groups in total. The summed E-state index contributed by atoms with van der Waals surface area (Å²) in [5, 5.41) is 1.31. The fraction of sp³-hybridized carbons (Fsp3) is 0.152. The SMILES string of the molecule is CCc1cccc(-c2cccc(-c3ccc4c(c3)-c3cccc5oc6c(c35)C4CCC=C6)c2)c1. The van der Waals surface area contributed by atoms with E-state index in [1.807, 2.05) is 0 Å². The Kier molecular flexibility index (Phi) is 4.38. The van der Waals surface area contributed by atoms with E-state index in [4.69, 9.17) is 4.42 Å². The fourth-order valence-corrected chi connectivity index (χ4v) is 5.92. The van der Waals surface area contributed by atoms with Crippen molar-refractivity contribution < 1.29 is 4.42 Å². The number of hydrogen-bond donors (Lipinski definition) is 0. The van der Waals surface area contributed by atoms with Gasteiger partial charge < -0.3 is 4.42 Å².